The first-order valence-electron chi connectivity index (χ1n) is 8.06. The zero-order valence-corrected chi connectivity index (χ0v) is 15.3. The van der Waals surface area contributed by atoms with Gasteiger partial charge in [0.2, 0.25) is 5.91 Å². The van der Waals surface area contributed by atoms with Crippen LogP contribution < -0.4 is 11.1 Å². The highest BCUT2D eigenvalue weighted by Crippen LogP contribution is 2.26. The Morgan fingerprint density at radius 2 is 1.54 bits per heavy atom. The molecule has 24 heavy (non-hydrogen) atoms. The molecular weight excluding hydrogens is 320 g/mol. The highest BCUT2D eigenvalue weighted by Gasteiger charge is 2.30. The molecule has 0 heterocycles. The minimum atomic E-state index is -0.536. The van der Waals surface area contributed by atoms with E-state index in [1.54, 1.807) is 0 Å². The lowest BCUT2D eigenvalue weighted by Crippen LogP contribution is -2.51. The van der Waals surface area contributed by atoms with Crippen molar-refractivity contribution in [2.45, 2.75) is 44.7 Å². The second-order valence-corrected chi connectivity index (χ2v) is 6.61. The minimum absolute atomic E-state index is 0. The van der Waals surface area contributed by atoms with E-state index in [0.717, 1.165) is 5.56 Å². The summed E-state index contributed by atoms with van der Waals surface area (Å²) in [5, 5.41) is 3.07. The first-order valence-corrected chi connectivity index (χ1v) is 8.06. The van der Waals surface area contributed by atoms with E-state index in [1.165, 1.54) is 5.56 Å². The molecule has 1 unspecified atom stereocenters. The van der Waals surface area contributed by atoms with Crippen LogP contribution in [0.5, 0.6) is 0 Å². The second-order valence-electron chi connectivity index (χ2n) is 6.61. The monoisotopic (exact) mass is 346 g/mol. The molecule has 0 bridgehead atoms. The second kappa shape index (κ2) is 8.86. The lowest BCUT2D eigenvalue weighted by Gasteiger charge is -2.33. The lowest BCUT2D eigenvalue weighted by atomic mass is 9.78. The fourth-order valence-electron chi connectivity index (χ4n) is 2.58. The van der Waals surface area contributed by atoms with Crippen LogP contribution in [0.2, 0.25) is 0 Å². The van der Waals surface area contributed by atoms with Crippen LogP contribution in [0.25, 0.3) is 0 Å². The zero-order valence-electron chi connectivity index (χ0n) is 14.5. The SMILES string of the molecule is CC(NC(=O)[C@@H](N)Cc1ccccc1)C(C)(C)c1ccccc1.Cl. The van der Waals surface area contributed by atoms with Crippen molar-refractivity contribution in [3.05, 3.63) is 71.8 Å². The minimum Gasteiger partial charge on any atom is -0.351 e. The number of hydrogen-bond acceptors (Lipinski definition) is 2. The molecule has 0 saturated carbocycles. The zero-order chi connectivity index (χ0) is 16.9. The number of carbonyl (C=O) groups excluding carboxylic acids is 1. The van der Waals surface area contributed by atoms with E-state index in [2.05, 4.69) is 31.3 Å². The molecule has 3 nitrogen and oxygen atoms in total. The van der Waals surface area contributed by atoms with Gasteiger partial charge in [-0.25, -0.2) is 0 Å². The van der Waals surface area contributed by atoms with Crippen molar-refractivity contribution in [2.24, 2.45) is 5.73 Å². The van der Waals surface area contributed by atoms with Crippen LogP contribution in [0.1, 0.15) is 31.9 Å². The number of amides is 1. The van der Waals surface area contributed by atoms with Crippen molar-refractivity contribution in [3.63, 3.8) is 0 Å². The smallest absolute Gasteiger partial charge is 0.237 e. The van der Waals surface area contributed by atoms with E-state index in [1.807, 2.05) is 55.5 Å². The fourth-order valence-corrected chi connectivity index (χ4v) is 2.58. The number of benzene rings is 2. The summed E-state index contributed by atoms with van der Waals surface area (Å²) in [5.74, 6) is -0.106. The van der Waals surface area contributed by atoms with E-state index >= 15 is 0 Å². The average Bonchev–Trinajstić information content (AvgIpc) is 2.56. The van der Waals surface area contributed by atoms with E-state index < -0.39 is 6.04 Å². The molecule has 2 aromatic carbocycles. The summed E-state index contributed by atoms with van der Waals surface area (Å²) in [6, 6.07) is 19.5. The summed E-state index contributed by atoms with van der Waals surface area (Å²) in [6.07, 6.45) is 0.547. The van der Waals surface area contributed by atoms with Gasteiger partial charge in [-0.1, -0.05) is 74.5 Å². The summed E-state index contributed by atoms with van der Waals surface area (Å²) in [6.45, 7) is 6.30. The van der Waals surface area contributed by atoms with Gasteiger partial charge >= 0.3 is 0 Å². The third kappa shape index (κ3) is 5.08. The lowest BCUT2D eigenvalue weighted by molar-refractivity contribution is -0.123. The topological polar surface area (TPSA) is 55.1 Å². The third-order valence-electron chi connectivity index (χ3n) is 4.59. The maximum absolute atomic E-state index is 12.4. The molecule has 2 rings (SSSR count). The molecule has 0 aliphatic rings. The molecule has 0 radical (unpaired) electrons. The van der Waals surface area contributed by atoms with Gasteiger partial charge < -0.3 is 11.1 Å². The first-order chi connectivity index (χ1) is 10.9. The average molecular weight is 347 g/mol. The molecular formula is C20H27ClN2O. The van der Waals surface area contributed by atoms with Crippen molar-refractivity contribution in [1.82, 2.24) is 5.32 Å². The van der Waals surface area contributed by atoms with Crippen molar-refractivity contribution in [1.29, 1.82) is 0 Å². The van der Waals surface area contributed by atoms with Crippen LogP contribution in [0, 0.1) is 0 Å². The summed E-state index contributed by atoms with van der Waals surface area (Å²) >= 11 is 0. The maximum Gasteiger partial charge on any atom is 0.237 e. The Kier molecular flexibility index (Phi) is 7.46. The third-order valence-corrected chi connectivity index (χ3v) is 4.59. The van der Waals surface area contributed by atoms with Crippen LogP contribution in [0.4, 0.5) is 0 Å². The van der Waals surface area contributed by atoms with Crippen molar-refractivity contribution < 1.29 is 4.79 Å². The van der Waals surface area contributed by atoms with Gasteiger partial charge in [0.15, 0.2) is 0 Å². The summed E-state index contributed by atoms with van der Waals surface area (Å²) in [7, 11) is 0. The number of carbonyl (C=O) groups is 1. The van der Waals surface area contributed by atoms with Crippen LogP contribution >= 0.6 is 12.4 Å². The molecule has 130 valence electrons. The Morgan fingerprint density at radius 1 is 1.04 bits per heavy atom. The number of nitrogens with two attached hydrogens (primary N) is 1. The summed E-state index contributed by atoms with van der Waals surface area (Å²) in [4.78, 5) is 12.4. The van der Waals surface area contributed by atoms with Gasteiger partial charge in [-0.3, -0.25) is 4.79 Å². The van der Waals surface area contributed by atoms with Crippen molar-refractivity contribution in [3.8, 4) is 0 Å². The quantitative estimate of drug-likeness (QED) is 0.841. The molecule has 0 fully saturated rings. The maximum atomic E-state index is 12.4. The standard InChI is InChI=1S/C20H26N2O.ClH/c1-15(20(2,3)17-12-8-5-9-13-17)22-19(23)18(21)14-16-10-6-4-7-11-16;/h4-13,15,18H,14,21H2,1-3H3,(H,22,23);1H/t15?,18-;/m0./s1. The first kappa shape index (κ1) is 20.2. The largest absolute Gasteiger partial charge is 0.351 e. The van der Waals surface area contributed by atoms with Gasteiger partial charge in [0.05, 0.1) is 6.04 Å². The number of hydrogen-bond donors (Lipinski definition) is 2. The molecule has 0 saturated heterocycles. The van der Waals surface area contributed by atoms with Crippen molar-refractivity contribution in [2.75, 3.05) is 0 Å². The Bertz CT molecular complexity index is 629. The van der Waals surface area contributed by atoms with Crippen LogP contribution in [-0.4, -0.2) is 18.0 Å². The van der Waals surface area contributed by atoms with E-state index in [4.69, 9.17) is 5.73 Å². The van der Waals surface area contributed by atoms with Gasteiger partial charge in [-0.2, -0.15) is 0 Å². The fraction of sp³-hybridized carbons (Fsp3) is 0.350. The molecule has 0 aliphatic heterocycles. The number of rotatable bonds is 6. The Hall–Kier alpha value is -1.84. The predicted molar refractivity (Wildman–Crippen MR) is 102 cm³/mol. The van der Waals surface area contributed by atoms with Gasteiger partial charge in [-0.05, 0) is 24.5 Å². The van der Waals surface area contributed by atoms with Crippen LogP contribution in [0.15, 0.2) is 60.7 Å². The Labute approximate surface area is 151 Å². The highest BCUT2D eigenvalue weighted by atomic mass is 35.5. The van der Waals surface area contributed by atoms with Crippen molar-refractivity contribution >= 4 is 18.3 Å². The highest BCUT2D eigenvalue weighted by molar-refractivity contribution is 5.85. The van der Waals surface area contributed by atoms with Gasteiger partial charge in [-0.15, -0.1) is 12.4 Å². The number of nitrogens with one attached hydrogen (secondary N) is 1. The van der Waals surface area contributed by atoms with E-state index in [0.29, 0.717) is 6.42 Å². The molecule has 2 atom stereocenters. The van der Waals surface area contributed by atoms with E-state index in [-0.39, 0.29) is 29.8 Å². The summed E-state index contributed by atoms with van der Waals surface area (Å²) in [5.41, 5.74) is 8.18. The normalized spacial score (nSPS) is 13.5. The predicted octanol–water partition coefficient (Wildman–Crippen LogP) is 3.46. The molecule has 2 aromatic rings. The van der Waals surface area contributed by atoms with Gasteiger partial charge in [0, 0.05) is 11.5 Å². The van der Waals surface area contributed by atoms with Gasteiger partial charge in [0.25, 0.3) is 0 Å². The Balaban J connectivity index is 0.00000288. The number of halogens is 1. The molecule has 3 N–H and O–H groups in total. The molecule has 0 aromatic heterocycles. The molecule has 1 amide bonds. The van der Waals surface area contributed by atoms with Crippen LogP contribution in [-0.2, 0) is 16.6 Å². The molecule has 0 spiro atoms. The molecule has 4 heteroatoms. The van der Waals surface area contributed by atoms with E-state index in [9.17, 15) is 4.79 Å². The van der Waals surface area contributed by atoms with Crippen LogP contribution in [0.3, 0.4) is 0 Å². The van der Waals surface area contributed by atoms with Gasteiger partial charge in [0.1, 0.15) is 0 Å². The molecule has 0 aliphatic carbocycles. The summed E-state index contributed by atoms with van der Waals surface area (Å²) < 4.78 is 0. The Morgan fingerprint density at radius 3 is 2.08 bits per heavy atom.